The summed E-state index contributed by atoms with van der Waals surface area (Å²) >= 11 is 1.57. The summed E-state index contributed by atoms with van der Waals surface area (Å²) in [7, 11) is 1.97. The minimum Gasteiger partial charge on any atom is -0.320 e. The lowest BCUT2D eigenvalue weighted by atomic mass is 10.2. The molecule has 0 unspecified atom stereocenters. The Morgan fingerprint density at radius 3 is 2.40 bits per heavy atom. The third-order valence-electron chi connectivity index (χ3n) is 3.05. The Bertz CT molecular complexity index is 770. The molecule has 3 rings (SSSR count). The second-order valence-electron chi connectivity index (χ2n) is 4.42. The molecule has 0 N–H and O–H groups in total. The number of hydrogen-bond acceptors (Lipinski definition) is 2. The maximum atomic E-state index is 13.0. The highest BCUT2D eigenvalue weighted by Crippen LogP contribution is 2.20. The molecule has 0 bridgehead atoms. The summed E-state index contributed by atoms with van der Waals surface area (Å²) in [4.78, 5) is 5.52. The molecule has 1 heterocycles. The molecule has 2 aromatic carbocycles. The number of aromatic nitrogens is 1. The summed E-state index contributed by atoms with van der Waals surface area (Å²) in [5, 5.41) is 2.04. The van der Waals surface area contributed by atoms with E-state index in [0.29, 0.717) is 0 Å². The first-order valence-electron chi connectivity index (χ1n) is 6.24. The number of para-hydroxylation sites is 1. The second kappa shape index (κ2) is 5.43. The molecule has 0 aliphatic carbocycles. The molecule has 0 aliphatic heterocycles. The van der Waals surface area contributed by atoms with Gasteiger partial charge in [0.1, 0.15) is 5.82 Å². The van der Waals surface area contributed by atoms with Gasteiger partial charge in [-0.25, -0.2) is 9.38 Å². The van der Waals surface area contributed by atoms with Crippen molar-refractivity contribution in [1.29, 1.82) is 0 Å². The Labute approximate surface area is 120 Å². The van der Waals surface area contributed by atoms with Crippen molar-refractivity contribution >= 4 is 17.0 Å². The lowest BCUT2D eigenvalue weighted by Crippen LogP contribution is -2.10. The van der Waals surface area contributed by atoms with Crippen molar-refractivity contribution in [2.45, 2.75) is 0 Å². The van der Waals surface area contributed by atoms with Crippen LogP contribution < -0.4 is 4.80 Å². The van der Waals surface area contributed by atoms with Gasteiger partial charge in [0.15, 0.2) is 4.80 Å². The summed E-state index contributed by atoms with van der Waals surface area (Å²) in [6.07, 6.45) is 0. The Morgan fingerprint density at radius 1 is 1.00 bits per heavy atom. The van der Waals surface area contributed by atoms with E-state index in [0.717, 1.165) is 21.7 Å². The SMILES string of the molecule is Cn1c(-c2ccc(F)cc2)csc1=Nc1ccccc1. The van der Waals surface area contributed by atoms with Crippen LogP contribution in [-0.4, -0.2) is 4.57 Å². The van der Waals surface area contributed by atoms with Crippen molar-refractivity contribution in [3.05, 3.63) is 70.6 Å². The summed E-state index contributed by atoms with van der Waals surface area (Å²) < 4.78 is 15.0. The van der Waals surface area contributed by atoms with Crippen molar-refractivity contribution in [2.75, 3.05) is 0 Å². The van der Waals surface area contributed by atoms with Crippen LogP contribution in [-0.2, 0) is 7.05 Å². The van der Waals surface area contributed by atoms with Crippen LogP contribution in [0, 0.1) is 5.82 Å². The van der Waals surface area contributed by atoms with Gasteiger partial charge in [0.05, 0.1) is 11.4 Å². The standard InChI is InChI=1S/C16H13FN2S/c1-19-15(12-7-9-13(17)10-8-12)11-20-16(19)18-14-5-3-2-4-6-14/h2-11H,1H3. The van der Waals surface area contributed by atoms with E-state index in [1.54, 1.807) is 23.5 Å². The molecule has 1 aromatic heterocycles. The normalized spacial score (nSPS) is 11.8. The number of thiazole rings is 1. The quantitative estimate of drug-likeness (QED) is 0.673. The minimum absolute atomic E-state index is 0.221. The van der Waals surface area contributed by atoms with E-state index in [9.17, 15) is 4.39 Å². The van der Waals surface area contributed by atoms with E-state index in [1.807, 2.05) is 47.3 Å². The van der Waals surface area contributed by atoms with Crippen LogP contribution in [0.4, 0.5) is 10.1 Å². The number of nitrogens with zero attached hydrogens (tertiary/aromatic N) is 2. The van der Waals surface area contributed by atoms with E-state index in [4.69, 9.17) is 0 Å². The number of benzene rings is 2. The Hall–Kier alpha value is -2.20. The predicted octanol–water partition coefficient (Wildman–Crippen LogP) is 4.13. The highest BCUT2D eigenvalue weighted by molar-refractivity contribution is 7.07. The van der Waals surface area contributed by atoms with Crippen molar-refractivity contribution < 1.29 is 4.39 Å². The van der Waals surface area contributed by atoms with Crippen molar-refractivity contribution in [3.63, 3.8) is 0 Å². The fourth-order valence-corrected chi connectivity index (χ4v) is 2.89. The molecule has 100 valence electrons. The van der Waals surface area contributed by atoms with Crippen LogP contribution in [0.15, 0.2) is 65.0 Å². The molecule has 0 amide bonds. The van der Waals surface area contributed by atoms with E-state index in [1.165, 1.54) is 12.1 Å². The zero-order chi connectivity index (χ0) is 13.9. The summed E-state index contributed by atoms with van der Waals surface area (Å²) in [6.45, 7) is 0. The van der Waals surface area contributed by atoms with Crippen LogP contribution in [0.1, 0.15) is 0 Å². The average molecular weight is 284 g/mol. The molecule has 2 nitrogen and oxygen atoms in total. The number of halogens is 1. The molecular weight excluding hydrogens is 271 g/mol. The van der Waals surface area contributed by atoms with Gasteiger partial charge in [0, 0.05) is 12.4 Å². The van der Waals surface area contributed by atoms with Crippen molar-refractivity contribution in [1.82, 2.24) is 4.57 Å². The van der Waals surface area contributed by atoms with Crippen LogP contribution in [0.2, 0.25) is 0 Å². The van der Waals surface area contributed by atoms with Crippen molar-refractivity contribution in [2.24, 2.45) is 12.0 Å². The first-order chi connectivity index (χ1) is 9.74. The van der Waals surface area contributed by atoms with Crippen LogP contribution >= 0.6 is 11.3 Å². The first kappa shape index (κ1) is 12.8. The summed E-state index contributed by atoms with van der Waals surface area (Å²) in [5.41, 5.74) is 2.94. The van der Waals surface area contributed by atoms with Gasteiger partial charge in [-0.1, -0.05) is 18.2 Å². The van der Waals surface area contributed by atoms with Gasteiger partial charge in [-0.05, 0) is 42.0 Å². The molecule has 0 spiro atoms. The van der Waals surface area contributed by atoms with E-state index < -0.39 is 0 Å². The second-order valence-corrected chi connectivity index (χ2v) is 5.25. The van der Waals surface area contributed by atoms with Gasteiger partial charge < -0.3 is 4.57 Å². The maximum absolute atomic E-state index is 13.0. The van der Waals surface area contributed by atoms with Gasteiger partial charge in [-0.3, -0.25) is 0 Å². The van der Waals surface area contributed by atoms with Crippen LogP contribution in [0.3, 0.4) is 0 Å². The first-order valence-corrected chi connectivity index (χ1v) is 7.12. The molecular formula is C16H13FN2S. The molecule has 0 saturated carbocycles. The van der Waals surface area contributed by atoms with Crippen LogP contribution in [0.25, 0.3) is 11.3 Å². The molecule has 0 fully saturated rings. The van der Waals surface area contributed by atoms with E-state index in [2.05, 4.69) is 4.99 Å². The van der Waals surface area contributed by atoms with E-state index >= 15 is 0 Å². The molecule has 0 saturated heterocycles. The number of hydrogen-bond donors (Lipinski definition) is 0. The highest BCUT2D eigenvalue weighted by Gasteiger charge is 2.04. The largest absolute Gasteiger partial charge is 0.320 e. The fourth-order valence-electron chi connectivity index (χ4n) is 1.97. The number of rotatable bonds is 2. The van der Waals surface area contributed by atoms with Gasteiger partial charge in [0.25, 0.3) is 0 Å². The maximum Gasteiger partial charge on any atom is 0.190 e. The Kier molecular flexibility index (Phi) is 3.48. The minimum atomic E-state index is -0.221. The van der Waals surface area contributed by atoms with Gasteiger partial charge in [-0.15, -0.1) is 11.3 Å². The third-order valence-corrected chi connectivity index (χ3v) is 3.96. The molecule has 0 radical (unpaired) electrons. The molecule has 4 heteroatoms. The Balaban J connectivity index is 2.05. The molecule has 0 atom stereocenters. The van der Waals surface area contributed by atoms with E-state index in [-0.39, 0.29) is 5.82 Å². The fraction of sp³-hybridized carbons (Fsp3) is 0.0625. The van der Waals surface area contributed by atoms with Gasteiger partial charge >= 0.3 is 0 Å². The topological polar surface area (TPSA) is 17.3 Å². The van der Waals surface area contributed by atoms with Crippen molar-refractivity contribution in [3.8, 4) is 11.3 Å². The third kappa shape index (κ3) is 2.56. The molecule has 20 heavy (non-hydrogen) atoms. The summed E-state index contributed by atoms with van der Waals surface area (Å²) in [5.74, 6) is -0.221. The Morgan fingerprint density at radius 2 is 1.70 bits per heavy atom. The predicted molar refractivity (Wildman–Crippen MR) is 80.3 cm³/mol. The zero-order valence-electron chi connectivity index (χ0n) is 11.0. The highest BCUT2D eigenvalue weighted by atomic mass is 32.1. The lowest BCUT2D eigenvalue weighted by Gasteiger charge is -2.02. The molecule has 0 aliphatic rings. The average Bonchev–Trinajstić information content (AvgIpc) is 2.83. The van der Waals surface area contributed by atoms with Gasteiger partial charge in [-0.2, -0.15) is 0 Å². The monoisotopic (exact) mass is 284 g/mol. The smallest absolute Gasteiger partial charge is 0.190 e. The van der Waals surface area contributed by atoms with Crippen LogP contribution in [0.5, 0.6) is 0 Å². The lowest BCUT2D eigenvalue weighted by molar-refractivity contribution is 0.628. The zero-order valence-corrected chi connectivity index (χ0v) is 11.8. The van der Waals surface area contributed by atoms with Gasteiger partial charge in [0.2, 0.25) is 0 Å². The molecule has 3 aromatic rings. The summed E-state index contributed by atoms with van der Waals surface area (Å²) in [6, 6.07) is 16.3.